The molecule has 1 aromatic heterocycles. The van der Waals surface area contributed by atoms with Crippen molar-refractivity contribution in [3.05, 3.63) is 48.2 Å². The number of rotatable bonds is 2. The number of benzene rings is 1. The SMILES string of the molecule is C[C@@]1(c2cc3ccccc3[nH]2)CCC=C[C@@H]1C=O. The number of H-pyrrole nitrogens is 1. The first-order chi connectivity index (χ1) is 8.74. The molecular weight excluding hydrogens is 222 g/mol. The van der Waals surface area contributed by atoms with Crippen molar-refractivity contribution < 1.29 is 4.79 Å². The molecule has 1 heterocycles. The molecule has 0 aliphatic heterocycles. The van der Waals surface area contributed by atoms with Crippen molar-refractivity contribution in [1.29, 1.82) is 0 Å². The molecule has 0 unspecified atom stereocenters. The first-order valence-corrected chi connectivity index (χ1v) is 6.44. The molecule has 1 aromatic carbocycles. The first-order valence-electron chi connectivity index (χ1n) is 6.44. The van der Waals surface area contributed by atoms with E-state index in [0.29, 0.717) is 0 Å². The van der Waals surface area contributed by atoms with Crippen molar-refractivity contribution in [2.45, 2.75) is 25.2 Å². The fourth-order valence-corrected chi connectivity index (χ4v) is 2.90. The van der Waals surface area contributed by atoms with Gasteiger partial charge in [-0.3, -0.25) is 0 Å². The Bertz CT molecular complexity index is 577. The number of para-hydroxylation sites is 1. The van der Waals surface area contributed by atoms with Crippen molar-refractivity contribution in [2.24, 2.45) is 5.92 Å². The summed E-state index contributed by atoms with van der Waals surface area (Å²) in [5, 5.41) is 1.22. The molecule has 0 spiro atoms. The molecule has 3 rings (SSSR count). The molecule has 92 valence electrons. The third-order valence-corrected chi connectivity index (χ3v) is 4.20. The van der Waals surface area contributed by atoms with E-state index in [1.54, 1.807) is 0 Å². The summed E-state index contributed by atoms with van der Waals surface area (Å²) in [5.74, 6) is -0.0284. The lowest BCUT2D eigenvalue weighted by Crippen LogP contribution is -2.34. The molecule has 2 heteroatoms. The number of carbonyl (C=O) groups excluding carboxylic acids is 1. The van der Waals surface area contributed by atoms with Gasteiger partial charge in [0.15, 0.2) is 0 Å². The Morgan fingerprint density at radius 2 is 2.22 bits per heavy atom. The molecule has 0 fully saturated rings. The summed E-state index contributed by atoms with van der Waals surface area (Å²) >= 11 is 0. The maximum absolute atomic E-state index is 11.3. The topological polar surface area (TPSA) is 32.9 Å². The van der Waals surface area contributed by atoms with Crippen molar-refractivity contribution in [2.75, 3.05) is 0 Å². The summed E-state index contributed by atoms with van der Waals surface area (Å²) in [6.45, 7) is 2.18. The van der Waals surface area contributed by atoms with E-state index < -0.39 is 0 Å². The lowest BCUT2D eigenvalue weighted by molar-refractivity contribution is -0.111. The molecule has 1 aliphatic carbocycles. The predicted molar refractivity (Wildman–Crippen MR) is 73.6 cm³/mol. The number of hydrogen-bond donors (Lipinski definition) is 1. The summed E-state index contributed by atoms with van der Waals surface area (Å²) in [4.78, 5) is 14.8. The van der Waals surface area contributed by atoms with Crippen molar-refractivity contribution in [3.63, 3.8) is 0 Å². The lowest BCUT2D eigenvalue weighted by atomic mass is 9.69. The monoisotopic (exact) mass is 239 g/mol. The van der Waals surface area contributed by atoms with Gasteiger partial charge in [0.1, 0.15) is 6.29 Å². The minimum Gasteiger partial charge on any atom is -0.358 e. The van der Waals surface area contributed by atoms with E-state index in [1.807, 2.05) is 18.2 Å². The number of aldehydes is 1. The van der Waals surface area contributed by atoms with Crippen LogP contribution in [0.25, 0.3) is 10.9 Å². The Labute approximate surface area is 107 Å². The van der Waals surface area contributed by atoms with Gasteiger partial charge >= 0.3 is 0 Å². The van der Waals surface area contributed by atoms with Crippen LogP contribution in [0, 0.1) is 5.92 Å². The molecule has 1 aliphatic rings. The highest BCUT2D eigenvalue weighted by atomic mass is 16.1. The Kier molecular flexibility index (Phi) is 2.58. The molecular formula is C16H17NO. The Balaban J connectivity index is 2.12. The average Bonchev–Trinajstić information content (AvgIpc) is 2.83. The third-order valence-electron chi connectivity index (χ3n) is 4.20. The molecule has 18 heavy (non-hydrogen) atoms. The summed E-state index contributed by atoms with van der Waals surface area (Å²) < 4.78 is 0. The van der Waals surface area contributed by atoms with Crippen LogP contribution in [0.2, 0.25) is 0 Å². The molecule has 2 atom stereocenters. The van der Waals surface area contributed by atoms with Gasteiger partial charge in [0, 0.05) is 22.5 Å². The van der Waals surface area contributed by atoms with E-state index in [1.165, 1.54) is 11.1 Å². The zero-order valence-electron chi connectivity index (χ0n) is 10.5. The van der Waals surface area contributed by atoms with Crippen LogP contribution >= 0.6 is 0 Å². The van der Waals surface area contributed by atoms with Gasteiger partial charge < -0.3 is 9.78 Å². The number of carbonyl (C=O) groups is 1. The fraction of sp³-hybridized carbons (Fsp3) is 0.312. The van der Waals surface area contributed by atoms with Gasteiger partial charge in [0.25, 0.3) is 0 Å². The minimum atomic E-state index is -0.102. The number of aromatic amines is 1. The van der Waals surface area contributed by atoms with Gasteiger partial charge in [-0.05, 0) is 30.4 Å². The van der Waals surface area contributed by atoms with E-state index in [2.05, 4.69) is 36.2 Å². The van der Waals surface area contributed by atoms with Crippen molar-refractivity contribution in [3.8, 4) is 0 Å². The van der Waals surface area contributed by atoms with Crippen LogP contribution in [0.3, 0.4) is 0 Å². The molecule has 2 aromatic rings. The highest BCUT2D eigenvalue weighted by molar-refractivity contribution is 5.81. The molecule has 0 bridgehead atoms. The minimum absolute atomic E-state index is 0.0284. The van der Waals surface area contributed by atoms with Crippen LogP contribution in [-0.2, 0) is 10.2 Å². The van der Waals surface area contributed by atoms with Crippen LogP contribution in [0.1, 0.15) is 25.5 Å². The van der Waals surface area contributed by atoms with Crippen LogP contribution < -0.4 is 0 Å². The van der Waals surface area contributed by atoms with Gasteiger partial charge in [-0.1, -0.05) is 37.3 Å². The van der Waals surface area contributed by atoms with Crippen molar-refractivity contribution in [1.82, 2.24) is 4.98 Å². The molecule has 2 nitrogen and oxygen atoms in total. The highest BCUT2D eigenvalue weighted by Gasteiger charge is 2.36. The lowest BCUT2D eigenvalue weighted by Gasteiger charge is -2.35. The largest absolute Gasteiger partial charge is 0.358 e. The smallest absolute Gasteiger partial charge is 0.127 e. The number of hydrogen-bond acceptors (Lipinski definition) is 1. The zero-order valence-corrected chi connectivity index (χ0v) is 10.5. The van der Waals surface area contributed by atoms with Gasteiger partial charge in [-0.25, -0.2) is 0 Å². The number of fused-ring (bicyclic) bond motifs is 1. The van der Waals surface area contributed by atoms with Gasteiger partial charge in [0.2, 0.25) is 0 Å². The molecule has 0 saturated heterocycles. The molecule has 1 N–H and O–H groups in total. The second-order valence-corrected chi connectivity index (χ2v) is 5.32. The zero-order chi connectivity index (χ0) is 12.6. The average molecular weight is 239 g/mol. The molecule has 0 amide bonds. The second-order valence-electron chi connectivity index (χ2n) is 5.32. The van der Waals surface area contributed by atoms with E-state index in [0.717, 1.165) is 24.6 Å². The standard InChI is InChI=1S/C16H17NO/c1-16(9-5-4-7-13(16)11-18)15-10-12-6-2-3-8-14(12)17-15/h2-4,6-8,10-11,13,17H,5,9H2,1H3/t13-,16-/m1/s1. The van der Waals surface area contributed by atoms with Crippen LogP contribution in [0.4, 0.5) is 0 Å². The normalized spacial score (nSPS) is 27.5. The Morgan fingerprint density at radius 3 is 3.00 bits per heavy atom. The van der Waals surface area contributed by atoms with E-state index >= 15 is 0 Å². The Morgan fingerprint density at radius 1 is 1.39 bits per heavy atom. The first kappa shape index (κ1) is 11.3. The van der Waals surface area contributed by atoms with Crippen molar-refractivity contribution >= 4 is 17.2 Å². The van der Waals surface area contributed by atoms with Crippen LogP contribution in [0.5, 0.6) is 0 Å². The van der Waals surface area contributed by atoms with Gasteiger partial charge in [-0.15, -0.1) is 0 Å². The Hall–Kier alpha value is -1.83. The summed E-state index contributed by atoms with van der Waals surface area (Å²) in [7, 11) is 0. The fourth-order valence-electron chi connectivity index (χ4n) is 2.90. The second kappa shape index (κ2) is 4.13. The summed E-state index contributed by atoms with van der Waals surface area (Å²) in [5.41, 5.74) is 2.22. The number of allylic oxidation sites excluding steroid dienone is 2. The highest BCUT2D eigenvalue weighted by Crippen LogP contribution is 2.40. The summed E-state index contributed by atoms with van der Waals surface area (Å²) in [6.07, 6.45) is 7.28. The van der Waals surface area contributed by atoms with Gasteiger partial charge in [0.05, 0.1) is 0 Å². The molecule has 0 radical (unpaired) electrons. The van der Waals surface area contributed by atoms with Crippen LogP contribution in [-0.4, -0.2) is 11.3 Å². The predicted octanol–water partition coefficient (Wildman–Crippen LogP) is 3.59. The third kappa shape index (κ3) is 1.60. The van der Waals surface area contributed by atoms with E-state index in [-0.39, 0.29) is 11.3 Å². The van der Waals surface area contributed by atoms with E-state index in [9.17, 15) is 4.79 Å². The maximum Gasteiger partial charge on any atom is 0.127 e. The van der Waals surface area contributed by atoms with E-state index in [4.69, 9.17) is 0 Å². The number of aromatic nitrogens is 1. The summed E-state index contributed by atoms with van der Waals surface area (Å²) in [6, 6.07) is 10.4. The maximum atomic E-state index is 11.3. The molecule has 0 saturated carbocycles. The quantitative estimate of drug-likeness (QED) is 0.630. The van der Waals surface area contributed by atoms with Gasteiger partial charge in [-0.2, -0.15) is 0 Å². The number of nitrogens with one attached hydrogen (secondary N) is 1. The van der Waals surface area contributed by atoms with Crippen LogP contribution in [0.15, 0.2) is 42.5 Å².